The van der Waals surface area contributed by atoms with Crippen molar-refractivity contribution in [3.63, 3.8) is 0 Å². The predicted octanol–water partition coefficient (Wildman–Crippen LogP) is 0.710. The molecule has 2 rings (SSSR count). The minimum Gasteiger partial charge on any atom is -0.342 e. The molecule has 0 aromatic carbocycles. The maximum absolute atomic E-state index is 11.7. The highest BCUT2D eigenvalue weighted by atomic mass is 16.2. The van der Waals surface area contributed by atoms with E-state index in [9.17, 15) is 4.79 Å². The molecule has 1 aliphatic rings. The van der Waals surface area contributed by atoms with Crippen LogP contribution >= 0.6 is 0 Å². The number of hydrogen-bond donors (Lipinski definition) is 1. The number of aryl methyl sites for hydroxylation is 1. The number of likely N-dealkylation sites (N-methyl/N-ethyl adjacent to an activating group) is 1. The number of likely N-dealkylation sites (tertiary alicyclic amines) is 1. The summed E-state index contributed by atoms with van der Waals surface area (Å²) >= 11 is 0. The number of nitrogens with zero attached hydrogens (tertiary/aromatic N) is 3. The van der Waals surface area contributed by atoms with Crippen molar-refractivity contribution in [2.24, 2.45) is 0 Å². The minimum absolute atomic E-state index is 0.190. The Morgan fingerprint density at radius 1 is 1.50 bits per heavy atom. The van der Waals surface area contributed by atoms with Crippen molar-refractivity contribution in [3.8, 4) is 0 Å². The zero-order valence-corrected chi connectivity index (χ0v) is 11.0. The summed E-state index contributed by atoms with van der Waals surface area (Å²) < 4.78 is 0. The molecule has 2 heterocycles. The van der Waals surface area contributed by atoms with Crippen molar-refractivity contribution in [3.05, 3.63) is 23.8 Å². The van der Waals surface area contributed by atoms with E-state index in [0.717, 1.165) is 37.2 Å². The molecule has 0 bridgehead atoms. The van der Waals surface area contributed by atoms with Crippen LogP contribution in [-0.2, 0) is 4.79 Å². The molecule has 0 radical (unpaired) electrons. The largest absolute Gasteiger partial charge is 0.342 e. The lowest BCUT2D eigenvalue weighted by Crippen LogP contribution is -2.42. The standard InChI is InChI=1S/C13H20N4O/c1-10-7-15-9-16-13(10)11-3-5-17(6-4-11)12(18)8-14-2/h7,9,11,14H,3-6,8H2,1-2H3. The molecule has 1 aliphatic heterocycles. The average molecular weight is 248 g/mol. The normalized spacial score (nSPS) is 16.9. The first kappa shape index (κ1) is 13.0. The smallest absolute Gasteiger partial charge is 0.236 e. The maximum atomic E-state index is 11.7. The zero-order chi connectivity index (χ0) is 13.0. The molecule has 18 heavy (non-hydrogen) atoms. The number of hydrogen-bond acceptors (Lipinski definition) is 4. The molecular weight excluding hydrogens is 228 g/mol. The van der Waals surface area contributed by atoms with Gasteiger partial charge in [-0.05, 0) is 32.4 Å². The average Bonchev–Trinajstić information content (AvgIpc) is 2.40. The number of nitrogens with one attached hydrogen (secondary N) is 1. The molecular formula is C13H20N4O. The predicted molar refractivity (Wildman–Crippen MR) is 69.3 cm³/mol. The van der Waals surface area contributed by atoms with Gasteiger partial charge in [0, 0.05) is 30.9 Å². The highest BCUT2D eigenvalue weighted by Gasteiger charge is 2.24. The first-order chi connectivity index (χ1) is 8.72. The number of rotatable bonds is 3. The lowest BCUT2D eigenvalue weighted by atomic mass is 9.91. The van der Waals surface area contributed by atoms with E-state index < -0.39 is 0 Å². The molecule has 0 aliphatic carbocycles. The summed E-state index contributed by atoms with van der Waals surface area (Å²) in [4.78, 5) is 22.1. The van der Waals surface area contributed by atoms with E-state index in [4.69, 9.17) is 0 Å². The summed E-state index contributed by atoms with van der Waals surface area (Å²) in [7, 11) is 1.80. The van der Waals surface area contributed by atoms with E-state index in [0.29, 0.717) is 12.5 Å². The van der Waals surface area contributed by atoms with Crippen LogP contribution in [0.3, 0.4) is 0 Å². The molecule has 1 saturated heterocycles. The summed E-state index contributed by atoms with van der Waals surface area (Å²) in [5.74, 6) is 0.655. The van der Waals surface area contributed by atoms with Gasteiger partial charge in [-0.15, -0.1) is 0 Å². The third kappa shape index (κ3) is 2.85. The summed E-state index contributed by atoms with van der Waals surface area (Å²) in [6.07, 6.45) is 5.46. The van der Waals surface area contributed by atoms with Crippen LogP contribution in [0.15, 0.2) is 12.5 Å². The van der Waals surface area contributed by atoms with Crippen LogP contribution in [0.4, 0.5) is 0 Å². The fourth-order valence-corrected chi connectivity index (χ4v) is 2.50. The van der Waals surface area contributed by atoms with Crippen molar-refractivity contribution >= 4 is 5.91 Å². The van der Waals surface area contributed by atoms with E-state index in [2.05, 4.69) is 15.3 Å². The first-order valence-corrected chi connectivity index (χ1v) is 6.41. The van der Waals surface area contributed by atoms with Crippen LogP contribution in [0.2, 0.25) is 0 Å². The van der Waals surface area contributed by atoms with Crippen LogP contribution in [0.1, 0.15) is 30.0 Å². The van der Waals surface area contributed by atoms with Crippen molar-refractivity contribution in [2.45, 2.75) is 25.7 Å². The number of piperidine rings is 1. The van der Waals surface area contributed by atoms with Gasteiger partial charge in [0.15, 0.2) is 0 Å². The van der Waals surface area contributed by atoms with E-state index in [1.54, 1.807) is 13.4 Å². The molecule has 1 fully saturated rings. The van der Waals surface area contributed by atoms with Gasteiger partial charge in [0.1, 0.15) is 6.33 Å². The van der Waals surface area contributed by atoms with E-state index in [1.165, 1.54) is 0 Å². The summed E-state index contributed by atoms with van der Waals surface area (Å²) in [6.45, 7) is 4.13. The SMILES string of the molecule is CNCC(=O)N1CCC(c2ncncc2C)CC1. The topological polar surface area (TPSA) is 58.1 Å². The van der Waals surface area contributed by atoms with E-state index in [-0.39, 0.29) is 5.91 Å². The third-order valence-corrected chi connectivity index (χ3v) is 3.50. The third-order valence-electron chi connectivity index (χ3n) is 3.50. The second-order valence-electron chi connectivity index (χ2n) is 4.78. The second kappa shape index (κ2) is 5.91. The maximum Gasteiger partial charge on any atom is 0.236 e. The van der Waals surface area contributed by atoms with Gasteiger partial charge < -0.3 is 10.2 Å². The number of carbonyl (C=O) groups is 1. The molecule has 1 aromatic rings. The molecule has 1 amide bonds. The Morgan fingerprint density at radius 3 is 2.83 bits per heavy atom. The number of amides is 1. The van der Waals surface area contributed by atoms with E-state index in [1.807, 2.05) is 18.0 Å². The van der Waals surface area contributed by atoms with Crippen LogP contribution < -0.4 is 5.32 Å². The van der Waals surface area contributed by atoms with Gasteiger partial charge in [-0.3, -0.25) is 4.79 Å². The summed E-state index contributed by atoms with van der Waals surface area (Å²) in [6, 6.07) is 0. The Balaban J connectivity index is 1.95. The zero-order valence-electron chi connectivity index (χ0n) is 11.0. The molecule has 0 atom stereocenters. The van der Waals surface area contributed by atoms with Crippen LogP contribution in [0.25, 0.3) is 0 Å². The van der Waals surface area contributed by atoms with Crippen molar-refractivity contribution in [1.82, 2.24) is 20.2 Å². The fourth-order valence-electron chi connectivity index (χ4n) is 2.50. The van der Waals surface area contributed by atoms with Crippen molar-refractivity contribution in [2.75, 3.05) is 26.7 Å². The first-order valence-electron chi connectivity index (χ1n) is 6.41. The molecule has 1 aromatic heterocycles. The van der Waals surface area contributed by atoms with Gasteiger partial charge in [-0.1, -0.05) is 0 Å². The summed E-state index contributed by atoms with van der Waals surface area (Å²) in [5.41, 5.74) is 2.29. The number of carbonyl (C=O) groups excluding carboxylic acids is 1. The lowest BCUT2D eigenvalue weighted by molar-refractivity contribution is -0.131. The van der Waals surface area contributed by atoms with Gasteiger partial charge in [0.2, 0.25) is 5.91 Å². The Labute approximate surface area is 108 Å². The highest BCUT2D eigenvalue weighted by molar-refractivity contribution is 5.78. The monoisotopic (exact) mass is 248 g/mol. The molecule has 0 saturated carbocycles. The Hall–Kier alpha value is -1.49. The fraction of sp³-hybridized carbons (Fsp3) is 0.615. The minimum atomic E-state index is 0.190. The molecule has 0 unspecified atom stereocenters. The molecule has 1 N–H and O–H groups in total. The molecule has 5 heteroatoms. The molecule has 5 nitrogen and oxygen atoms in total. The van der Waals surface area contributed by atoms with Gasteiger partial charge in [-0.2, -0.15) is 0 Å². The van der Waals surface area contributed by atoms with Crippen LogP contribution in [-0.4, -0.2) is 47.5 Å². The summed E-state index contributed by atoms with van der Waals surface area (Å²) in [5, 5.41) is 2.90. The van der Waals surface area contributed by atoms with Crippen molar-refractivity contribution < 1.29 is 4.79 Å². The Kier molecular flexibility index (Phi) is 4.25. The van der Waals surface area contributed by atoms with E-state index >= 15 is 0 Å². The lowest BCUT2D eigenvalue weighted by Gasteiger charge is -2.32. The second-order valence-corrected chi connectivity index (χ2v) is 4.78. The highest BCUT2D eigenvalue weighted by Crippen LogP contribution is 2.28. The number of aromatic nitrogens is 2. The van der Waals surface area contributed by atoms with Gasteiger partial charge >= 0.3 is 0 Å². The van der Waals surface area contributed by atoms with Crippen molar-refractivity contribution in [1.29, 1.82) is 0 Å². The molecule has 98 valence electrons. The van der Waals surface area contributed by atoms with Crippen LogP contribution in [0.5, 0.6) is 0 Å². The molecule has 0 spiro atoms. The Bertz CT molecular complexity index is 413. The van der Waals surface area contributed by atoms with Gasteiger partial charge in [-0.25, -0.2) is 9.97 Å². The Morgan fingerprint density at radius 2 is 2.22 bits per heavy atom. The quantitative estimate of drug-likeness (QED) is 0.856. The van der Waals surface area contributed by atoms with Gasteiger partial charge in [0.05, 0.1) is 6.54 Å². The van der Waals surface area contributed by atoms with Gasteiger partial charge in [0.25, 0.3) is 0 Å². The van der Waals surface area contributed by atoms with Crippen LogP contribution in [0, 0.1) is 6.92 Å².